The van der Waals surface area contributed by atoms with Crippen LogP contribution < -0.4 is 10.6 Å². The summed E-state index contributed by atoms with van der Waals surface area (Å²) in [6.07, 6.45) is 0. The highest BCUT2D eigenvalue weighted by molar-refractivity contribution is 7.83. The number of carbonyl (C=O) groups is 1. The molecule has 0 saturated heterocycles. The molecule has 0 aliphatic carbocycles. The molecule has 2 aromatic rings. The number of aryl methyl sites for hydroxylation is 2. The topological polar surface area (TPSA) is 99.3 Å². The third-order valence-electron chi connectivity index (χ3n) is 4.79. The fourth-order valence-corrected chi connectivity index (χ4v) is 3.66. The maximum atomic E-state index is 12.2. The van der Waals surface area contributed by atoms with Gasteiger partial charge in [-0.1, -0.05) is 19.9 Å². The van der Waals surface area contributed by atoms with Gasteiger partial charge in [-0.15, -0.1) is 8.80 Å². The third kappa shape index (κ3) is 4.79. The molecule has 2 unspecified atom stereocenters. The number of rotatable bonds is 5. The van der Waals surface area contributed by atoms with Crippen molar-refractivity contribution < 1.29 is 13.4 Å². The van der Waals surface area contributed by atoms with Crippen molar-refractivity contribution in [3.8, 4) is 0 Å². The second kappa shape index (κ2) is 8.83. The first-order chi connectivity index (χ1) is 14.2. The smallest absolute Gasteiger partial charge is 0.269 e. The van der Waals surface area contributed by atoms with Gasteiger partial charge in [-0.2, -0.15) is 0 Å². The van der Waals surface area contributed by atoms with Crippen LogP contribution in [0, 0.1) is 19.8 Å². The van der Waals surface area contributed by atoms with E-state index in [9.17, 15) is 9.00 Å². The minimum Gasteiger partial charge on any atom is -0.464 e. The van der Waals surface area contributed by atoms with Gasteiger partial charge in [-0.25, -0.2) is 4.21 Å². The van der Waals surface area contributed by atoms with Gasteiger partial charge in [0.25, 0.3) is 17.1 Å². The maximum Gasteiger partial charge on any atom is 0.269 e. The number of amidine groups is 2. The van der Waals surface area contributed by atoms with E-state index in [1.807, 2.05) is 26.0 Å². The molecule has 1 aromatic heterocycles. The first-order valence-electron chi connectivity index (χ1n) is 9.67. The van der Waals surface area contributed by atoms with Gasteiger partial charge in [0, 0.05) is 25.3 Å². The van der Waals surface area contributed by atoms with Crippen LogP contribution in [0.15, 0.2) is 43.5 Å². The Morgan fingerprint density at radius 3 is 2.43 bits per heavy atom. The Hall–Kier alpha value is -2.94. The van der Waals surface area contributed by atoms with Crippen LogP contribution in [-0.2, 0) is 11.2 Å². The lowest BCUT2D eigenvalue weighted by Gasteiger charge is -2.22. The minimum absolute atomic E-state index is 0.106. The number of benzene rings is 1. The third-order valence-corrected chi connectivity index (χ3v) is 5.47. The van der Waals surface area contributed by atoms with E-state index in [0.29, 0.717) is 22.9 Å². The number of hydrogen-bond acceptors (Lipinski definition) is 5. The quantitative estimate of drug-likeness (QED) is 0.759. The molecule has 1 aliphatic rings. The zero-order chi connectivity index (χ0) is 22.0. The lowest BCUT2D eigenvalue weighted by Crippen LogP contribution is -2.38. The Labute approximate surface area is 179 Å². The summed E-state index contributed by atoms with van der Waals surface area (Å²) in [5.74, 6) is 2.48. The van der Waals surface area contributed by atoms with Crippen molar-refractivity contribution in [1.82, 2.24) is 10.2 Å². The number of hydrogen-bond donors (Lipinski definition) is 2. The van der Waals surface area contributed by atoms with Gasteiger partial charge in [0.15, 0.2) is 11.7 Å². The molecular weight excluding hydrogens is 402 g/mol. The van der Waals surface area contributed by atoms with Crippen LogP contribution in [-0.4, -0.2) is 40.8 Å². The fourth-order valence-electron chi connectivity index (χ4n) is 3.03. The van der Waals surface area contributed by atoms with E-state index >= 15 is 0 Å². The Morgan fingerprint density at radius 2 is 1.83 bits per heavy atom. The fraction of sp³-hybridized carbons (Fsp3) is 0.381. The Bertz CT molecular complexity index is 1020. The predicted octanol–water partition coefficient (Wildman–Crippen LogP) is 3.39. The Morgan fingerprint density at radius 1 is 1.13 bits per heavy atom. The Kier molecular flexibility index (Phi) is 6.40. The van der Waals surface area contributed by atoms with E-state index < -0.39 is 11.2 Å². The lowest BCUT2D eigenvalue weighted by molar-refractivity contribution is 0.0827. The summed E-state index contributed by atoms with van der Waals surface area (Å²) in [6.45, 7) is 8.06. The van der Waals surface area contributed by atoms with Crippen molar-refractivity contribution >= 4 is 34.4 Å². The highest BCUT2D eigenvalue weighted by atomic mass is 32.2. The second-order valence-electron chi connectivity index (χ2n) is 7.77. The molecule has 160 valence electrons. The number of nitrogens with zero attached hydrogens (tertiary/aromatic N) is 3. The first kappa shape index (κ1) is 21.8. The van der Waals surface area contributed by atoms with Gasteiger partial charge in [0.2, 0.25) is 0 Å². The highest BCUT2D eigenvalue weighted by Gasteiger charge is 2.27. The molecule has 1 aromatic carbocycles. The van der Waals surface area contributed by atoms with Crippen LogP contribution in [0.3, 0.4) is 0 Å². The summed E-state index contributed by atoms with van der Waals surface area (Å²) in [4.78, 5) is 13.7. The van der Waals surface area contributed by atoms with E-state index in [2.05, 4.69) is 33.3 Å². The summed E-state index contributed by atoms with van der Waals surface area (Å²) in [5, 5.41) is 6.45. The highest BCUT2D eigenvalue weighted by Crippen LogP contribution is 2.26. The Balaban J connectivity index is 1.82. The average molecular weight is 430 g/mol. The molecule has 8 nitrogen and oxygen atoms in total. The van der Waals surface area contributed by atoms with Gasteiger partial charge in [0.05, 0.1) is 6.04 Å². The molecule has 1 amide bonds. The summed E-state index contributed by atoms with van der Waals surface area (Å²) in [5.41, 5.74) is 2.27. The number of nitrogens with one attached hydrogen (secondary N) is 2. The van der Waals surface area contributed by atoms with Crippen molar-refractivity contribution in [2.75, 3.05) is 19.4 Å². The summed E-state index contributed by atoms with van der Waals surface area (Å²) < 4.78 is 26.1. The van der Waals surface area contributed by atoms with Crippen molar-refractivity contribution in [2.24, 2.45) is 14.7 Å². The lowest BCUT2D eigenvalue weighted by atomic mass is 10.0. The van der Waals surface area contributed by atoms with Crippen molar-refractivity contribution in [3.05, 3.63) is 53.0 Å². The zero-order valence-electron chi connectivity index (χ0n) is 18.0. The number of amides is 1. The summed E-state index contributed by atoms with van der Waals surface area (Å²) in [6, 6.07) is 8.89. The zero-order valence-corrected chi connectivity index (χ0v) is 18.8. The first-order valence-corrected chi connectivity index (χ1v) is 10.7. The van der Waals surface area contributed by atoms with Crippen molar-refractivity contribution in [2.45, 2.75) is 33.7 Å². The molecule has 30 heavy (non-hydrogen) atoms. The normalized spacial score (nSPS) is 16.8. The molecule has 0 bridgehead atoms. The molecule has 2 heterocycles. The van der Waals surface area contributed by atoms with Gasteiger partial charge >= 0.3 is 0 Å². The predicted molar refractivity (Wildman–Crippen MR) is 120 cm³/mol. The van der Waals surface area contributed by atoms with Gasteiger partial charge in [-0.05, 0) is 49.6 Å². The SMILES string of the molecule is Cc1cc(C(NC2=NS(=O)N=C2Nc2cccc(C(=O)N(C)C)c2)C(C)C)oc1C. The molecule has 9 heteroatoms. The molecule has 1 aliphatic heterocycles. The molecule has 2 N–H and O–H groups in total. The van der Waals surface area contributed by atoms with E-state index in [0.717, 1.165) is 17.1 Å². The monoisotopic (exact) mass is 429 g/mol. The molecule has 0 saturated carbocycles. The standard InChI is InChI=1S/C21H27N5O3S/c1-12(2)18(17-10-13(3)14(4)29-17)23-20-19(24-30(28)25-20)22-16-9-7-8-15(11-16)21(27)26(5)6/h7-12,18H,1-6H3,(H,22,24)(H,23,25). The second-order valence-corrected chi connectivity index (χ2v) is 8.60. The largest absolute Gasteiger partial charge is 0.464 e. The number of carbonyl (C=O) groups excluding carboxylic acids is 1. The van der Waals surface area contributed by atoms with Gasteiger partial charge in [-0.3, -0.25) is 4.79 Å². The molecular formula is C21H27N5O3S. The van der Waals surface area contributed by atoms with Gasteiger partial charge < -0.3 is 20.0 Å². The summed E-state index contributed by atoms with van der Waals surface area (Å²) in [7, 11) is 3.40. The van der Waals surface area contributed by atoms with Crippen molar-refractivity contribution in [1.29, 1.82) is 0 Å². The van der Waals surface area contributed by atoms with E-state index in [1.165, 1.54) is 4.90 Å². The number of furan rings is 1. The van der Waals surface area contributed by atoms with Crippen LogP contribution in [0.5, 0.6) is 0 Å². The van der Waals surface area contributed by atoms with Crippen LogP contribution in [0.2, 0.25) is 0 Å². The molecule has 2 atom stereocenters. The van der Waals surface area contributed by atoms with E-state index in [1.54, 1.807) is 32.3 Å². The molecule has 0 spiro atoms. The average Bonchev–Trinajstić information content (AvgIpc) is 3.20. The number of anilines is 1. The van der Waals surface area contributed by atoms with Crippen molar-refractivity contribution in [3.63, 3.8) is 0 Å². The van der Waals surface area contributed by atoms with E-state index in [4.69, 9.17) is 4.42 Å². The van der Waals surface area contributed by atoms with Crippen LogP contribution >= 0.6 is 0 Å². The van der Waals surface area contributed by atoms with Crippen LogP contribution in [0.25, 0.3) is 0 Å². The van der Waals surface area contributed by atoms with Gasteiger partial charge in [0.1, 0.15) is 11.5 Å². The summed E-state index contributed by atoms with van der Waals surface area (Å²) >= 11 is -1.72. The molecule has 3 rings (SSSR count). The van der Waals surface area contributed by atoms with E-state index in [-0.39, 0.29) is 17.9 Å². The van der Waals surface area contributed by atoms with Crippen LogP contribution in [0.1, 0.15) is 47.3 Å². The minimum atomic E-state index is -1.72. The maximum absolute atomic E-state index is 12.2. The molecule has 0 fully saturated rings. The molecule has 0 radical (unpaired) electrons. The van der Waals surface area contributed by atoms with Crippen LogP contribution in [0.4, 0.5) is 5.69 Å².